The van der Waals surface area contributed by atoms with Crippen LogP contribution >= 0.6 is 0 Å². The molecule has 0 bridgehead atoms. The number of nitrogens with one attached hydrogen (secondary N) is 1. The number of rotatable bonds is 9. The van der Waals surface area contributed by atoms with Gasteiger partial charge in [0.15, 0.2) is 0 Å². The summed E-state index contributed by atoms with van der Waals surface area (Å²) >= 11 is 0. The van der Waals surface area contributed by atoms with Crippen molar-refractivity contribution in [1.29, 1.82) is 0 Å². The molecule has 0 radical (unpaired) electrons. The molecule has 1 aromatic heterocycles. The topological polar surface area (TPSA) is 119 Å². The molecule has 1 amide bonds. The number of carboxylic acid groups (broad SMARTS) is 1. The number of carboxylic acids is 1. The molecule has 150 valence electrons. The SMILES string of the molecule is CCOc1ccc(CC(CNC(=O)c2ccc(-n3cnnn3)cc2)C(=O)O)cc1. The zero-order valence-corrected chi connectivity index (χ0v) is 15.9. The van der Waals surface area contributed by atoms with Gasteiger partial charge in [0.25, 0.3) is 5.91 Å². The van der Waals surface area contributed by atoms with E-state index in [1.165, 1.54) is 11.0 Å². The van der Waals surface area contributed by atoms with Crippen molar-refractivity contribution in [3.63, 3.8) is 0 Å². The third kappa shape index (κ3) is 5.38. The van der Waals surface area contributed by atoms with Crippen LogP contribution < -0.4 is 10.1 Å². The van der Waals surface area contributed by atoms with Crippen molar-refractivity contribution in [3.8, 4) is 11.4 Å². The van der Waals surface area contributed by atoms with Gasteiger partial charge in [0, 0.05) is 12.1 Å². The van der Waals surface area contributed by atoms with Crippen molar-refractivity contribution in [2.45, 2.75) is 13.3 Å². The number of tetrazole rings is 1. The van der Waals surface area contributed by atoms with E-state index in [-0.39, 0.29) is 12.5 Å². The molecule has 3 aromatic rings. The van der Waals surface area contributed by atoms with Gasteiger partial charge in [-0.1, -0.05) is 12.1 Å². The van der Waals surface area contributed by atoms with Gasteiger partial charge in [0.1, 0.15) is 12.1 Å². The third-order valence-corrected chi connectivity index (χ3v) is 4.32. The molecular weight excluding hydrogens is 374 g/mol. The van der Waals surface area contributed by atoms with Crippen LogP contribution in [0.15, 0.2) is 54.9 Å². The van der Waals surface area contributed by atoms with Gasteiger partial charge in [-0.25, -0.2) is 4.68 Å². The Morgan fingerprint density at radius 2 is 1.86 bits per heavy atom. The standard InChI is InChI=1S/C20H21N5O4/c1-2-29-18-9-3-14(4-10-18)11-16(20(27)28)12-21-19(26)15-5-7-17(8-6-15)25-13-22-23-24-25/h3-10,13,16H,2,11-12H2,1H3,(H,21,26)(H,27,28). The highest BCUT2D eigenvalue weighted by atomic mass is 16.5. The van der Waals surface area contributed by atoms with E-state index in [1.807, 2.05) is 31.2 Å². The van der Waals surface area contributed by atoms with Crippen LogP contribution in [0.5, 0.6) is 5.75 Å². The molecule has 1 unspecified atom stereocenters. The Morgan fingerprint density at radius 3 is 2.45 bits per heavy atom. The van der Waals surface area contributed by atoms with Crippen LogP contribution in [0.2, 0.25) is 0 Å². The van der Waals surface area contributed by atoms with E-state index in [0.29, 0.717) is 24.3 Å². The average molecular weight is 395 g/mol. The van der Waals surface area contributed by atoms with E-state index in [9.17, 15) is 14.7 Å². The molecule has 1 atom stereocenters. The molecule has 2 N–H and O–H groups in total. The molecule has 0 saturated heterocycles. The van der Waals surface area contributed by atoms with Gasteiger partial charge in [-0.3, -0.25) is 9.59 Å². The van der Waals surface area contributed by atoms with E-state index in [2.05, 4.69) is 20.8 Å². The third-order valence-electron chi connectivity index (χ3n) is 4.32. The van der Waals surface area contributed by atoms with Crippen LogP contribution in [0.1, 0.15) is 22.8 Å². The minimum atomic E-state index is -0.965. The highest BCUT2D eigenvalue weighted by Crippen LogP contribution is 2.15. The Bertz CT molecular complexity index is 940. The zero-order chi connectivity index (χ0) is 20.6. The molecule has 9 nitrogen and oxygen atoms in total. The van der Waals surface area contributed by atoms with Gasteiger partial charge >= 0.3 is 5.97 Å². The van der Waals surface area contributed by atoms with Crippen LogP contribution in [0.25, 0.3) is 5.69 Å². The average Bonchev–Trinajstić information content (AvgIpc) is 3.27. The van der Waals surface area contributed by atoms with E-state index in [0.717, 1.165) is 11.3 Å². The van der Waals surface area contributed by atoms with E-state index in [4.69, 9.17) is 4.74 Å². The maximum absolute atomic E-state index is 12.4. The Balaban J connectivity index is 1.58. The van der Waals surface area contributed by atoms with Crippen molar-refractivity contribution in [3.05, 3.63) is 66.0 Å². The molecule has 2 aromatic carbocycles. The fraction of sp³-hybridized carbons (Fsp3) is 0.250. The van der Waals surface area contributed by atoms with Gasteiger partial charge in [0.05, 0.1) is 18.2 Å². The normalized spacial score (nSPS) is 11.6. The van der Waals surface area contributed by atoms with Crippen LogP contribution in [0, 0.1) is 5.92 Å². The van der Waals surface area contributed by atoms with E-state index < -0.39 is 11.9 Å². The first-order valence-electron chi connectivity index (χ1n) is 9.13. The Morgan fingerprint density at radius 1 is 1.14 bits per heavy atom. The van der Waals surface area contributed by atoms with Gasteiger partial charge in [-0.15, -0.1) is 5.10 Å². The lowest BCUT2D eigenvalue weighted by Crippen LogP contribution is -2.34. The molecule has 0 saturated carbocycles. The van der Waals surface area contributed by atoms with Crippen molar-refractivity contribution < 1.29 is 19.4 Å². The predicted octanol–water partition coefficient (Wildman–Crippen LogP) is 1.73. The number of aromatic nitrogens is 4. The first-order chi connectivity index (χ1) is 14.1. The Hall–Kier alpha value is -3.75. The molecule has 1 heterocycles. The monoisotopic (exact) mass is 395 g/mol. The molecule has 0 aliphatic rings. The molecule has 0 fully saturated rings. The number of amides is 1. The van der Waals surface area contributed by atoms with E-state index >= 15 is 0 Å². The number of carbonyl (C=O) groups is 2. The van der Waals surface area contributed by atoms with Crippen molar-refractivity contribution in [2.75, 3.05) is 13.2 Å². The molecule has 9 heteroatoms. The van der Waals surface area contributed by atoms with Crippen molar-refractivity contribution in [1.82, 2.24) is 25.5 Å². The summed E-state index contributed by atoms with van der Waals surface area (Å²) in [6.07, 6.45) is 1.76. The lowest BCUT2D eigenvalue weighted by atomic mass is 9.99. The Labute approximate surface area is 167 Å². The fourth-order valence-electron chi connectivity index (χ4n) is 2.78. The number of carbonyl (C=O) groups excluding carboxylic acids is 1. The molecule has 29 heavy (non-hydrogen) atoms. The number of ether oxygens (including phenoxy) is 1. The van der Waals surface area contributed by atoms with Crippen LogP contribution in [-0.2, 0) is 11.2 Å². The first-order valence-corrected chi connectivity index (χ1v) is 9.13. The number of aliphatic carboxylic acids is 1. The molecule has 0 spiro atoms. The number of nitrogens with zero attached hydrogens (tertiary/aromatic N) is 4. The number of hydrogen-bond donors (Lipinski definition) is 2. The fourth-order valence-corrected chi connectivity index (χ4v) is 2.78. The molecular formula is C20H21N5O4. The van der Waals surface area contributed by atoms with Gasteiger partial charge in [-0.05, 0) is 65.7 Å². The zero-order valence-electron chi connectivity index (χ0n) is 15.9. The summed E-state index contributed by atoms with van der Waals surface area (Å²) in [6.45, 7) is 2.49. The van der Waals surface area contributed by atoms with Gasteiger partial charge in [0.2, 0.25) is 0 Å². The first kappa shape index (κ1) is 20.0. The second kappa shape index (κ2) is 9.45. The minimum Gasteiger partial charge on any atom is -0.494 e. The quantitative estimate of drug-likeness (QED) is 0.566. The van der Waals surface area contributed by atoms with Crippen molar-refractivity contribution >= 4 is 11.9 Å². The summed E-state index contributed by atoms with van der Waals surface area (Å²) in [5.74, 6) is -1.31. The Kier molecular flexibility index (Phi) is 6.51. The smallest absolute Gasteiger partial charge is 0.308 e. The van der Waals surface area contributed by atoms with Crippen LogP contribution in [0.4, 0.5) is 0 Å². The highest BCUT2D eigenvalue weighted by Gasteiger charge is 2.19. The largest absolute Gasteiger partial charge is 0.494 e. The van der Waals surface area contributed by atoms with Crippen LogP contribution in [0.3, 0.4) is 0 Å². The van der Waals surface area contributed by atoms with Crippen molar-refractivity contribution in [2.24, 2.45) is 5.92 Å². The predicted molar refractivity (Wildman–Crippen MR) is 104 cm³/mol. The lowest BCUT2D eigenvalue weighted by molar-refractivity contribution is -0.141. The highest BCUT2D eigenvalue weighted by molar-refractivity contribution is 5.94. The number of benzene rings is 2. The summed E-state index contributed by atoms with van der Waals surface area (Å²) in [7, 11) is 0. The minimum absolute atomic E-state index is 0.0239. The maximum Gasteiger partial charge on any atom is 0.308 e. The summed E-state index contributed by atoms with van der Waals surface area (Å²) in [4.78, 5) is 24.0. The molecule has 0 aliphatic heterocycles. The second-order valence-corrected chi connectivity index (χ2v) is 6.33. The lowest BCUT2D eigenvalue weighted by Gasteiger charge is -2.14. The molecule has 3 rings (SSSR count). The molecule has 0 aliphatic carbocycles. The van der Waals surface area contributed by atoms with E-state index in [1.54, 1.807) is 24.3 Å². The van der Waals surface area contributed by atoms with Gasteiger partial charge < -0.3 is 15.2 Å². The maximum atomic E-state index is 12.4. The van der Waals surface area contributed by atoms with Gasteiger partial charge in [-0.2, -0.15) is 0 Å². The second-order valence-electron chi connectivity index (χ2n) is 6.33. The van der Waals surface area contributed by atoms with Crippen LogP contribution in [-0.4, -0.2) is 50.3 Å². The summed E-state index contributed by atoms with van der Waals surface area (Å²) in [6, 6.07) is 14.0. The summed E-state index contributed by atoms with van der Waals surface area (Å²) in [5, 5.41) is 23.1. The summed E-state index contributed by atoms with van der Waals surface area (Å²) < 4.78 is 6.86. The summed E-state index contributed by atoms with van der Waals surface area (Å²) in [5.41, 5.74) is 2.00. The number of hydrogen-bond acceptors (Lipinski definition) is 6.